The van der Waals surface area contributed by atoms with Crippen molar-refractivity contribution in [1.82, 2.24) is 9.88 Å². The number of benzene rings is 1. The van der Waals surface area contributed by atoms with Gasteiger partial charge in [0.2, 0.25) is 5.91 Å². The molecule has 0 aliphatic heterocycles. The highest BCUT2D eigenvalue weighted by atomic mass is 35.5. The first-order valence-electron chi connectivity index (χ1n) is 6.76. The number of halogens is 3. The number of nitrogens with two attached hydrogens (primary N) is 1. The zero-order valence-corrected chi connectivity index (χ0v) is 13.6. The fourth-order valence-corrected chi connectivity index (χ4v) is 2.08. The highest BCUT2D eigenvalue weighted by molar-refractivity contribution is 5.85. The minimum atomic E-state index is -0.928. The van der Waals surface area contributed by atoms with E-state index in [9.17, 15) is 13.6 Å². The predicted molar refractivity (Wildman–Crippen MR) is 87.2 cm³/mol. The molecule has 0 bridgehead atoms. The Kier molecular flexibility index (Phi) is 6.60. The summed E-state index contributed by atoms with van der Waals surface area (Å²) in [6.45, 7) is 0. The second-order valence-corrected chi connectivity index (χ2v) is 5.20. The minimum absolute atomic E-state index is 0. The summed E-state index contributed by atoms with van der Waals surface area (Å²) in [6.07, 6.45) is 1.85. The number of pyridine rings is 1. The van der Waals surface area contributed by atoms with Crippen molar-refractivity contribution >= 4 is 18.3 Å². The lowest BCUT2D eigenvalue weighted by Gasteiger charge is -2.16. The molecule has 1 aromatic carbocycles. The van der Waals surface area contributed by atoms with Gasteiger partial charge >= 0.3 is 0 Å². The van der Waals surface area contributed by atoms with Crippen LogP contribution in [0.2, 0.25) is 0 Å². The second kappa shape index (κ2) is 7.99. The molecular formula is C16H18ClF2N3O. The first-order valence-corrected chi connectivity index (χ1v) is 6.76. The van der Waals surface area contributed by atoms with Crippen LogP contribution in [0, 0.1) is 11.6 Å². The number of carbonyl (C=O) groups excluding carboxylic acids is 1. The molecular weight excluding hydrogens is 324 g/mol. The lowest BCUT2D eigenvalue weighted by molar-refractivity contribution is -0.130. The molecule has 1 unspecified atom stereocenters. The van der Waals surface area contributed by atoms with E-state index in [-0.39, 0.29) is 23.9 Å². The van der Waals surface area contributed by atoms with Crippen LogP contribution in [0.3, 0.4) is 0 Å². The van der Waals surface area contributed by atoms with E-state index in [0.29, 0.717) is 12.1 Å². The molecule has 0 saturated carbocycles. The molecule has 0 aliphatic rings. The summed E-state index contributed by atoms with van der Waals surface area (Å²) in [5.74, 6) is -2.02. The Labute approximate surface area is 139 Å². The van der Waals surface area contributed by atoms with Gasteiger partial charge in [-0.1, -0.05) is 12.1 Å². The number of amides is 1. The van der Waals surface area contributed by atoms with E-state index >= 15 is 0 Å². The topological polar surface area (TPSA) is 59.2 Å². The van der Waals surface area contributed by atoms with E-state index in [1.54, 1.807) is 26.2 Å². The van der Waals surface area contributed by atoms with Gasteiger partial charge in [-0.2, -0.15) is 0 Å². The minimum Gasteiger partial charge on any atom is -0.347 e. The van der Waals surface area contributed by atoms with Gasteiger partial charge in [-0.3, -0.25) is 9.78 Å². The monoisotopic (exact) mass is 341 g/mol. The molecule has 1 amide bonds. The standard InChI is InChI=1S/C16H17F2N3O.ClH/c1-21(2)16(22)13(19)8-10-6-7-14(20-9-10)11-4-3-5-12(17)15(11)18;/h3-7,9,13H,8,19H2,1-2H3;1H. The normalized spacial score (nSPS) is 11.5. The van der Waals surface area contributed by atoms with Gasteiger partial charge in [-0.15, -0.1) is 12.4 Å². The van der Waals surface area contributed by atoms with Crippen molar-refractivity contribution in [2.45, 2.75) is 12.5 Å². The Morgan fingerprint density at radius 2 is 1.96 bits per heavy atom. The molecule has 0 fully saturated rings. The van der Waals surface area contributed by atoms with Crippen LogP contribution in [-0.4, -0.2) is 35.9 Å². The van der Waals surface area contributed by atoms with Gasteiger partial charge in [-0.05, 0) is 30.2 Å². The van der Waals surface area contributed by atoms with Crippen LogP contribution in [0.25, 0.3) is 11.3 Å². The van der Waals surface area contributed by atoms with Crippen LogP contribution in [0.1, 0.15) is 5.56 Å². The average molecular weight is 342 g/mol. The van der Waals surface area contributed by atoms with E-state index in [2.05, 4.69) is 4.98 Å². The van der Waals surface area contributed by atoms with Crippen molar-refractivity contribution in [1.29, 1.82) is 0 Å². The Hall–Kier alpha value is -2.05. The number of rotatable bonds is 4. The Bertz CT molecular complexity index is 678. The van der Waals surface area contributed by atoms with Crippen LogP contribution in [0.5, 0.6) is 0 Å². The van der Waals surface area contributed by atoms with E-state index in [1.165, 1.54) is 23.2 Å². The number of aromatic nitrogens is 1. The molecule has 2 rings (SSSR count). The summed E-state index contributed by atoms with van der Waals surface area (Å²) >= 11 is 0. The smallest absolute Gasteiger partial charge is 0.239 e. The van der Waals surface area contributed by atoms with E-state index in [0.717, 1.165) is 11.6 Å². The lowest BCUT2D eigenvalue weighted by Crippen LogP contribution is -2.41. The summed E-state index contributed by atoms with van der Waals surface area (Å²) in [5.41, 5.74) is 6.99. The van der Waals surface area contributed by atoms with Crippen molar-refractivity contribution in [3.8, 4) is 11.3 Å². The second-order valence-electron chi connectivity index (χ2n) is 5.20. The fourth-order valence-electron chi connectivity index (χ4n) is 2.08. The maximum Gasteiger partial charge on any atom is 0.239 e. The number of carbonyl (C=O) groups is 1. The first kappa shape index (κ1) is 19.0. The summed E-state index contributed by atoms with van der Waals surface area (Å²) in [6, 6.07) is 6.57. The molecule has 1 aromatic heterocycles. The molecule has 0 spiro atoms. The highest BCUT2D eigenvalue weighted by Crippen LogP contribution is 2.22. The van der Waals surface area contributed by atoms with Crippen molar-refractivity contribution in [3.63, 3.8) is 0 Å². The number of hydrogen-bond donors (Lipinski definition) is 1. The largest absolute Gasteiger partial charge is 0.347 e. The molecule has 23 heavy (non-hydrogen) atoms. The number of nitrogens with zero attached hydrogens (tertiary/aromatic N) is 2. The molecule has 1 atom stereocenters. The van der Waals surface area contributed by atoms with Gasteiger partial charge in [0.1, 0.15) is 0 Å². The highest BCUT2D eigenvalue weighted by Gasteiger charge is 2.16. The molecule has 1 heterocycles. The SMILES string of the molecule is CN(C)C(=O)C(N)Cc1ccc(-c2cccc(F)c2F)nc1.Cl. The predicted octanol–water partition coefficient (Wildman–Crippen LogP) is 2.41. The summed E-state index contributed by atoms with van der Waals surface area (Å²) in [7, 11) is 3.27. The van der Waals surface area contributed by atoms with Crippen LogP contribution in [0.15, 0.2) is 36.5 Å². The molecule has 2 N–H and O–H groups in total. The Morgan fingerprint density at radius 1 is 1.26 bits per heavy atom. The third-order valence-electron chi connectivity index (χ3n) is 3.27. The first-order chi connectivity index (χ1) is 10.4. The number of hydrogen-bond acceptors (Lipinski definition) is 3. The maximum absolute atomic E-state index is 13.7. The summed E-state index contributed by atoms with van der Waals surface area (Å²) < 4.78 is 26.9. The third-order valence-corrected chi connectivity index (χ3v) is 3.27. The van der Waals surface area contributed by atoms with Gasteiger partial charge in [0.05, 0.1) is 11.7 Å². The lowest BCUT2D eigenvalue weighted by atomic mass is 10.1. The van der Waals surface area contributed by atoms with Crippen molar-refractivity contribution in [2.75, 3.05) is 14.1 Å². The average Bonchev–Trinajstić information content (AvgIpc) is 2.50. The zero-order chi connectivity index (χ0) is 16.3. The van der Waals surface area contributed by atoms with Crippen molar-refractivity contribution in [3.05, 3.63) is 53.7 Å². The zero-order valence-electron chi connectivity index (χ0n) is 12.8. The van der Waals surface area contributed by atoms with E-state index in [4.69, 9.17) is 5.73 Å². The van der Waals surface area contributed by atoms with Gasteiger partial charge in [-0.25, -0.2) is 8.78 Å². The van der Waals surface area contributed by atoms with Crippen molar-refractivity contribution < 1.29 is 13.6 Å². The summed E-state index contributed by atoms with van der Waals surface area (Å²) in [5, 5.41) is 0. The van der Waals surface area contributed by atoms with E-state index < -0.39 is 17.7 Å². The van der Waals surface area contributed by atoms with Gasteiger partial charge in [0.15, 0.2) is 11.6 Å². The van der Waals surface area contributed by atoms with Crippen LogP contribution < -0.4 is 5.73 Å². The quantitative estimate of drug-likeness (QED) is 0.929. The summed E-state index contributed by atoms with van der Waals surface area (Å²) in [4.78, 5) is 17.3. The van der Waals surface area contributed by atoms with E-state index in [1.807, 2.05) is 0 Å². The Balaban J connectivity index is 0.00000264. The number of likely N-dealkylation sites (N-methyl/N-ethyl adjacent to an activating group) is 1. The molecule has 0 saturated heterocycles. The van der Waals surface area contributed by atoms with Crippen LogP contribution in [-0.2, 0) is 11.2 Å². The fraction of sp³-hybridized carbons (Fsp3) is 0.250. The third kappa shape index (κ3) is 4.46. The molecule has 0 aliphatic carbocycles. The van der Waals surface area contributed by atoms with Gasteiger partial charge in [0, 0.05) is 25.9 Å². The van der Waals surface area contributed by atoms with Crippen LogP contribution in [0.4, 0.5) is 8.78 Å². The van der Waals surface area contributed by atoms with Crippen LogP contribution >= 0.6 is 12.4 Å². The van der Waals surface area contributed by atoms with Crippen molar-refractivity contribution in [2.24, 2.45) is 5.73 Å². The molecule has 0 radical (unpaired) electrons. The molecule has 4 nitrogen and oxygen atoms in total. The molecule has 124 valence electrons. The van der Waals surface area contributed by atoms with Gasteiger partial charge in [0.25, 0.3) is 0 Å². The molecule has 2 aromatic rings. The Morgan fingerprint density at radius 3 is 2.52 bits per heavy atom. The molecule has 7 heteroatoms. The van der Waals surface area contributed by atoms with Gasteiger partial charge < -0.3 is 10.6 Å². The maximum atomic E-state index is 13.7.